The molecule has 0 bridgehead atoms. The van der Waals surface area contributed by atoms with Crippen LogP contribution < -0.4 is 5.48 Å². The van der Waals surface area contributed by atoms with Gasteiger partial charge in [0.05, 0.1) is 0 Å². The third kappa shape index (κ3) is 3.44. The number of hydrogen-bond acceptors (Lipinski definition) is 3. The van der Waals surface area contributed by atoms with Crippen molar-refractivity contribution in [2.24, 2.45) is 0 Å². The van der Waals surface area contributed by atoms with Gasteiger partial charge in [-0.1, -0.05) is 12.2 Å². The zero-order chi connectivity index (χ0) is 10.4. The fourth-order valence-corrected chi connectivity index (χ4v) is 1.05. The molecule has 0 aliphatic carbocycles. The maximum absolute atomic E-state index is 11.2. The molecule has 0 saturated heterocycles. The number of carboxylic acid groups (broad SMARTS) is 1. The van der Waals surface area contributed by atoms with E-state index in [1.165, 1.54) is 4.90 Å². The smallest absolute Gasteiger partial charge is 0.341 e. The van der Waals surface area contributed by atoms with Gasteiger partial charge in [-0.3, -0.25) is 4.84 Å². The minimum absolute atomic E-state index is 0.407. The maximum atomic E-state index is 11.2. The fourth-order valence-electron chi connectivity index (χ4n) is 1.05. The monoisotopic (exact) mass is 200 g/mol. The normalized spacial score (nSPS) is 15.3. The van der Waals surface area contributed by atoms with Crippen molar-refractivity contribution in [3.8, 4) is 0 Å². The van der Waals surface area contributed by atoms with E-state index in [-0.39, 0.29) is 0 Å². The maximum Gasteiger partial charge on any atom is 0.341 e. The number of nitrogens with one attached hydrogen (secondary N) is 1. The van der Waals surface area contributed by atoms with Crippen molar-refractivity contribution in [1.82, 2.24) is 10.4 Å². The summed E-state index contributed by atoms with van der Waals surface area (Å²) in [5, 5.41) is 8.24. The van der Waals surface area contributed by atoms with Gasteiger partial charge in [0.1, 0.15) is 0 Å². The van der Waals surface area contributed by atoms with Crippen molar-refractivity contribution in [1.29, 1.82) is 0 Å². The van der Waals surface area contributed by atoms with E-state index in [1.807, 2.05) is 12.2 Å². The number of urea groups is 1. The third-order valence-corrected chi connectivity index (χ3v) is 1.70. The number of carbonyl (C=O) groups excluding carboxylic acids is 1. The average molecular weight is 200 g/mol. The van der Waals surface area contributed by atoms with Gasteiger partial charge >= 0.3 is 12.0 Å². The van der Waals surface area contributed by atoms with Crippen LogP contribution in [0.15, 0.2) is 12.2 Å². The van der Waals surface area contributed by atoms with Gasteiger partial charge in [-0.05, 0) is 6.42 Å². The summed E-state index contributed by atoms with van der Waals surface area (Å²) in [4.78, 5) is 27.3. The van der Waals surface area contributed by atoms with E-state index < -0.39 is 18.6 Å². The van der Waals surface area contributed by atoms with Crippen LogP contribution in [0, 0.1) is 0 Å². The van der Waals surface area contributed by atoms with Gasteiger partial charge in [-0.2, -0.15) is 0 Å². The summed E-state index contributed by atoms with van der Waals surface area (Å²) >= 11 is 0. The zero-order valence-electron chi connectivity index (χ0n) is 7.60. The van der Waals surface area contributed by atoms with Gasteiger partial charge in [-0.15, -0.1) is 0 Å². The van der Waals surface area contributed by atoms with E-state index in [1.54, 1.807) is 0 Å². The molecule has 0 aromatic heterocycles. The first-order valence-corrected chi connectivity index (χ1v) is 4.23. The van der Waals surface area contributed by atoms with Crippen LogP contribution in [0.5, 0.6) is 0 Å². The lowest BCUT2D eigenvalue weighted by Crippen LogP contribution is -2.42. The molecular weight excluding hydrogens is 188 g/mol. The number of amides is 2. The number of carbonyl (C=O) groups is 2. The van der Waals surface area contributed by atoms with Crippen LogP contribution in [0.2, 0.25) is 0 Å². The Bertz CT molecular complexity index is 252. The highest BCUT2D eigenvalue weighted by Gasteiger charge is 2.13. The second kappa shape index (κ2) is 5.23. The van der Waals surface area contributed by atoms with Gasteiger partial charge in [0.2, 0.25) is 0 Å². The highest BCUT2D eigenvalue weighted by Crippen LogP contribution is 2.00. The van der Waals surface area contributed by atoms with E-state index in [4.69, 9.17) is 5.11 Å². The number of hydrogen-bond donors (Lipinski definition) is 2. The van der Waals surface area contributed by atoms with E-state index in [0.717, 1.165) is 6.42 Å². The Morgan fingerprint density at radius 3 is 2.86 bits per heavy atom. The van der Waals surface area contributed by atoms with Crippen LogP contribution in [0.25, 0.3) is 0 Å². The van der Waals surface area contributed by atoms with Crippen LogP contribution in [-0.2, 0) is 9.63 Å². The molecular formula is C8H12N2O4. The Morgan fingerprint density at radius 2 is 2.29 bits per heavy atom. The summed E-state index contributed by atoms with van der Waals surface area (Å²) in [6.45, 7) is 0.621. The lowest BCUT2D eigenvalue weighted by Gasteiger charge is -2.22. The van der Waals surface area contributed by atoms with Crippen molar-refractivity contribution >= 4 is 12.0 Å². The molecule has 0 aromatic carbocycles. The number of aliphatic carboxylic acids is 1. The molecule has 0 radical (unpaired) electrons. The SMILES string of the molecule is O=C(O)CONC(=O)N1CC=CCC1. The average Bonchev–Trinajstić information content (AvgIpc) is 2.18. The molecule has 2 amide bonds. The second-order valence-corrected chi connectivity index (χ2v) is 2.80. The van der Waals surface area contributed by atoms with Gasteiger partial charge in [-0.25, -0.2) is 15.1 Å². The topological polar surface area (TPSA) is 78.9 Å². The van der Waals surface area contributed by atoms with Gasteiger partial charge in [0.15, 0.2) is 6.61 Å². The predicted molar refractivity (Wildman–Crippen MR) is 47.4 cm³/mol. The Labute approximate surface area is 81.1 Å². The predicted octanol–water partition coefficient (Wildman–Crippen LogP) is -0.0259. The molecule has 1 heterocycles. The standard InChI is InChI=1S/C8H12N2O4/c11-7(12)6-14-9-8(13)10-4-2-1-3-5-10/h1-2H,3-6H2,(H,9,13)(H,11,12). The number of nitrogens with zero attached hydrogens (tertiary/aromatic N) is 1. The minimum Gasteiger partial charge on any atom is -0.479 e. The molecule has 1 aliphatic heterocycles. The van der Waals surface area contributed by atoms with E-state index >= 15 is 0 Å². The molecule has 6 heteroatoms. The molecule has 1 rings (SSSR count). The summed E-state index contributed by atoms with van der Waals surface area (Å²) in [5.41, 5.74) is 2.06. The molecule has 0 saturated carbocycles. The van der Waals surface area contributed by atoms with Gasteiger partial charge in [0, 0.05) is 13.1 Å². The lowest BCUT2D eigenvalue weighted by molar-refractivity contribution is -0.144. The quantitative estimate of drug-likeness (QED) is 0.495. The van der Waals surface area contributed by atoms with Crippen molar-refractivity contribution in [3.05, 3.63) is 12.2 Å². The van der Waals surface area contributed by atoms with E-state index in [2.05, 4.69) is 10.3 Å². The number of rotatable bonds is 3. The van der Waals surface area contributed by atoms with Crippen LogP contribution in [-0.4, -0.2) is 41.7 Å². The molecule has 14 heavy (non-hydrogen) atoms. The zero-order valence-corrected chi connectivity index (χ0v) is 7.60. The lowest BCUT2D eigenvalue weighted by atomic mass is 10.3. The third-order valence-electron chi connectivity index (χ3n) is 1.70. The van der Waals surface area contributed by atoms with Crippen molar-refractivity contribution < 1.29 is 19.5 Å². The Balaban J connectivity index is 2.20. The molecule has 0 aromatic rings. The van der Waals surface area contributed by atoms with Crippen LogP contribution in [0.3, 0.4) is 0 Å². The first-order chi connectivity index (χ1) is 6.70. The van der Waals surface area contributed by atoms with Crippen LogP contribution in [0.1, 0.15) is 6.42 Å². The van der Waals surface area contributed by atoms with Gasteiger partial charge in [0.25, 0.3) is 0 Å². The Kier molecular flexibility index (Phi) is 3.93. The summed E-state index contributed by atoms with van der Waals surface area (Å²) in [7, 11) is 0. The van der Waals surface area contributed by atoms with E-state index in [0.29, 0.717) is 13.1 Å². The molecule has 0 unspecified atom stereocenters. The Morgan fingerprint density at radius 1 is 1.50 bits per heavy atom. The van der Waals surface area contributed by atoms with Gasteiger partial charge < -0.3 is 10.0 Å². The fraction of sp³-hybridized carbons (Fsp3) is 0.500. The van der Waals surface area contributed by atoms with Crippen LogP contribution >= 0.6 is 0 Å². The molecule has 6 nitrogen and oxygen atoms in total. The second-order valence-electron chi connectivity index (χ2n) is 2.80. The molecule has 1 aliphatic rings. The van der Waals surface area contributed by atoms with Crippen molar-refractivity contribution in [3.63, 3.8) is 0 Å². The number of hydroxylamine groups is 1. The molecule has 78 valence electrons. The summed E-state index contributed by atoms with van der Waals surface area (Å²) < 4.78 is 0. The summed E-state index contributed by atoms with van der Waals surface area (Å²) in [6, 6.07) is -0.407. The highest BCUT2D eigenvalue weighted by molar-refractivity contribution is 5.74. The molecule has 0 atom stereocenters. The molecule has 2 N–H and O–H groups in total. The van der Waals surface area contributed by atoms with Crippen molar-refractivity contribution in [2.75, 3.05) is 19.7 Å². The molecule has 0 spiro atoms. The van der Waals surface area contributed by atoms with Crippen LogP contribution in [0.4, 0.5) is 4.79 Å². The van der Waals surface area contributed by atoms with E-state index in [9.17, 15) is 9.59 Å². The molecule has 0 fully saturated rings. The minimum atomic E-state index is -1.12. The highest BCUT2D eigenvalue weighted by atomic mass is 16.7. The largest absolute Gasteiger partial charge is 0.479 e. The summed E-state index contributed by atoms with van der Waals surface area (Å²) in [6.07, 6.45) is 4.68. The van der Waals surface area contributed by atoms with Crippen molar-refractivity contribution in [2.45, 2.75) is 6.42 Å². The first-order valence-electron chi connectivity index (χ1n) is 4.23. The summed E-state index contributed by atoms with van der Waals surface area (Å²) in [5.74, 6) is -1.12. The Hall–Kier alpha value is -1.56. The number of carboxylic acids is 1. The first kappa shape index (κ1) is 10.5.